The number of methoxy groups -OCH3 is 1. The van der Waals surface area contributed by atoms with E-state index in [1.165, 1.54) is 37.6 Å². The second-order valence-electron chi connectivity index (χ2n) is 4.68. The minimum atomic E-state index is -2.92. The van der Waals surface area contributed by atoms with Gasteiger partial charge in [0.05, 0.1) is 21.8 Å². The van der Waals surface area contributed by atoms with Crippen LogP contribution in [0.2, 0.25) is 0 Å². The Morgan fingerprint density at radius 3 is 2.17 bits per heavy atom. The van der Waals surface area contributed by atoms with Gasteiger partial charge >= 0.3 is 0 Å². The van der Waals surface area contributed by atoms with E-state index in [4.69, 9.17) is 4.74 Å². The van der Waals surface area contributed by atoms with E-state index in [2.05, 4.69) is 4.36 Å². The largest absolute Gasteiger partial charge is 0.497 e. The number of carbonyl (C=O) groups is 1. The second kappa shape index (κ2) is 6.57. The maximum absolute atomic E-state index is 12.6. The van der Waals surface area contributed by atoms with Gasteiger partial charge in [0.15, 0.2) is 0 Å². The summed E-state index contributed by atoms with van der Waals surface area (Å²) in [5, 5.41) is 10.6. The van der Waals surface area contributed by atoms with Gasteiger partial charge in [-0.3, -0.25) is 14.9 Å². The van der Waals surface area contributed by atoms with Crippen LogP contribution in [0.4, 0.5) is 5.69 Å². The van der Waals surface area contributed by atoms with Crippen LogP contribution < -0.4 is 4.74 Å². The highest BCUT2D eigenvalue weighted by atomic mass is 32.2. The van der Waals surface area contributed by atoms with Crippen LogP contribution in [0.3, 0.4) is 0 Å². The molecule has 0 aliphatic rings. The molecule has 0 N–H and O–H groups in total. The Hall–Kier alpha value is -2.74. The zero-order valence-corrected chi connectivity index (χ0v) is 13.3. The molecule has 0 radical (unpaired) electrons. The topological polar surface area (TPSA) is 98.9 Å². The molecule has 1 unspecified atom stereocenters. The van der Waals surface area contributed by atoms with Gasteiger partial charge in [0, 0.05) is 28.8 Å². The van der Waals surface area contributed by atoms with Crippen LogP contribution in [0.15, 0.2) is 57.8 Å². The van der Waals surface area contributed by atoms with Crippen LogP contribution in [0, 0.1) is 10.1 Å². The zero-order valence-electron chi connectivity index (χ0n) is 12.5. The number of hydrogen-bond acceptors (Lipinski definition) is 5. The number of benzene rings is 2. The summed E-state index contributed by atoms with van der Waals surface area (Å²) in [6.45, 7) is 0. The van der Waals surface area contributed by atoms with Crippen LogP contribution >= 0.6 is 0 Å². The van der Waals surface area contributed by atoms with Crippen molar-refractivity contribution in [1.29, 1.82) is 0 Å². The summed E-state index contributed by atoms with van der Waals surface area (Å²) >= 11 is 0. The number of hydrogen-bond donors (Lipinski definition) is 0. The summed E-state index contributed by atoms with van der Waals surface area (Å²) < 4.78 is 21.4. The summed E-state index contributed by atoms with van der Waals surface area (Å²) in [5.74, 6) is -0.0890. The maximum atomic E-state index is 12.6. The number of nitro groups is 1. The zero-order chi connectivity index (χ0) is 17.0. The fourth-order valence-electron chi connectivity index (χ4n) is 1.82. The molecular formula is C15H14N2O5S. The third-order valence-corrected chi connectivity index (χ3v) is 4.74. The minimum absolute atomic E-state index is 0.131. The summed E-state index contributed by atoms with van der Waals surface area (Å²) in [7, 11) is -1.41. The molecule has 23 heavy (non-hydrogen) atoms. The lowest BCUT2D eigenvalue weighted by Gasteiger charge is -2.05. The van der Waals surface area contributed by atoms with Crippen molar-refractivity contribution in [3.8, 4) is 5.75 Å². The highest BCUT2D eigenvalue weighted by Crippen LogP contribution is 2.18. The van der Waals surface area contributed by atoms with Crippen LogP contribution in [-0.4, -0.2) is 28.4 Å². The maximum Gasteiger partial charge on any atom is 0.285 e. The highest BCUT2D eigenvalue weighted by molar-refractivity contribution is 7.93. The molecule has 120 valence electrons. The van der Waals surface area contributed by atoms with Gasteiger partial charge in [-0.15, -0.1) is 0 Å². The highest BCUT2D eigenvalue weighted by Gasteiger charge is 2.13. The van der Waals surface area contributed by atoms with E-state index in [1.807, 2.05) is 0 Å². The lowest BCUT2D eigenvalue weighted by molar-refractivity contribution is -0.384. The van der Waals surface area contributed by atoms with Crippen molar-refractivity contribution in [2.45, 2.75) is 4.90 Å². The molecule has 0 heterocycles. The van der Waals surface area contributed by atoms with Gasteiger partial charge in [0.1, 0.15) is 5.75 Å². The number of amides is 1. The van der Waals surface area contributed by atoms with Crippen molar-refractivity contribution in [1.82, 2.24) is 0 Å². The summed E-state index contributed by atoms with van der Waals surface area (Å²) in [5.41, 5.74) is 0.00706. The van der Waals surface area contributed by atoms with Crippen molar-refractivity contribution >= 4 is 21.3 Å². The van der Waals surface area contributed by atoms with E-state index in [0.717, 1.165) is 0 Å². The molecule has 1 amide bonds. The Bertz CT molecular complexity index is 850. The fraction of sp³-hybridized carbons (Fsp3) is 0.133. The molecule has 2 aromatic carbocycles. The first kappa shape index (κ1) is 16.6. The van der Waals surface area contributed by atoms with Crippen molar-refractivity contribution in [2.24, 2.45) is 4.36 Å². The minimum Gasteiger partial charge on any atom is -0.497 e. The smallest absolute Gasteiger partial charge is 0.285 e. The monoisotopic (exact) mass is 334 g/mol. The molecule has 0 aliphatic carbocycles. The molecule has 0 saturated heterocycles. The molecule has 0 aromatic heterocycles. The first-order valence-electron chi connectivity index (χ1n) is 6.48. The Balaban J connectivity index is 2.32. The molecule has 0 bridgehead atoms. The van der Waals surface area contributed by atoms with Gasteiger partial charge < -0.3 is 4.74 Å². The van der Waals surface area contributed by atoms with Crippen LogP contribution in [0.1, 0.15) is 10.4 Å². The normalized spacial score (nSPS) is 13.0. The van der Waals surface area contributed by atoms with Crippen molar-refractivity contribution in [3.63, 3.8) is 0 Å². The predicted molar refractivity (Wildman–Crippen MR) is 85.2 cm³/mol. The average molecular weight is 334 g/mol. The van der Waals surface area contributed by atoms with Crippen molar-refractivity contribution in [3.05, 3.63) is 64.2 Å². The molecule has 7 nitrogen and oxygen atoms in total. The van der Waals surface area contributed by atoms with E-state index in [1.54, 1.807) is 24.3 Å². The lowest BCUT2D eigenvalue weighted by Crippen LogP contribution is -2.04. The van der Waals surface area contributed by atoms with E-state index in [-0.39, 0.29) is 11.3 Å². The molecular weight excluding hydrogens is 320 g/mol. The lowest BCUT2D eigenvalue weighted by atomic mass is 10.2. The Morgan fingerprint density at radius 1 is 1.13 bits per heavy atom. The van der Waals surface area contributed by atoms with Gasteiger partial charge in [-0.25, -0.2) is 4.21 Å². The van der Waals surface area contributed by atoms with Crippen LogP contribution in [0.25, 0.3) is 0 Å². The van der Waals surface area contributed by atoms with Gasteiger partial charge in [-0.05, 0) is 36.4 Å². The summed E-state index contributed by atoms with van der Waals surface area (Å²) in [4.78, 5) is 22.5. The Kier molecular flexibility index (Phi) is 4.75. The van der Waals surface area contributed by atoms with E-state index in [0.29, 0.717) is 10.6 Å². The number of carbonyl (C=O) groups excluding carboxylic acids is 1. The molecule has 0 saturated carbocycles. The molecule has 2 rings (SSSR count). The second-order valence-corrected chi connectivity index (χ2v) is 6.94. The van der Waals surface area contributed by atoms with Crippen LogP contribution in [-0.2, 0) is 9.73 Å². The molecule has 0 fully saturated rings. The number of non-ortho nitro benzene ring substituents is 1. The molecule has 8 heteroatoms. The van der Waals surface area contributed by atoms with Crippen LogP contribution in [0.5, 0.6) is 5.75 Å². The third-order valence-electron chi connectivity index (χ3n) is 3.08. The van der Waals surface area contributed by atoms with Gasteiger partial charge in [0.2, 0.25) is 0 Å². The third kappa shape index (κ3) is 3.92. The van der Waals surface area contributed by atoms with Gasteiger partial charge in [-0.2, -0.15) is 4.36 Å². The first-order valence-corrected chi connectivity index (χ1v) is 8.41. The number of rotatable bonds is 4. The molecule has 0 spiro atoms. The Labute approximate surface area is 133 Å². The molecule has 2 aromatic rings. The average Bonchev–Trinajstić information content (AvgIpc) is 2.54. The number of ether oxygens (including phenoxy) is 1. The summed E-state index contributed by atoms with van der Waals surface area (Å²) in [6, 6.07) is 11.4. The standard InChI is InChI=1S/C15H14N2O5S/c1-22-13-7-9-14(10-8-13)23(2,21)16-15(18)11-3-5-12(6-4-11)17(19)20/h3-10H,1-2H3. The van der Waals surface area contributed by atoms with E-state index >= 15 is 0 Å². The van der Waals surface area contributed by atoms with E-state index < -0.39 is 20.6 Å². The number of nitrogens with zero attached hydrogens (tertiary/aromatic N) is 2. The predicted octanol–water partition coefficient (Wildman–Crippen LogP) is 2.90. The Morgan fingerprint density at radius 2 is 1.70 bits per heavy atom. The number of nitro benzene ring substituents is 1. The molecule has 0 aliphatic heterocycles. The quantitative estimate of drug-likeness (QED) is 0.632. The fourth-order valence-corrected chi connectivity index (χ4v) is 2.99. The summed E-state index contributed by atoms with van der Waals surface area (Å²) in [6.07, 6.45) is 1.36. The van der Waals surface area contributed by atoms with Gasteiger partial charge in [0.25, 0.3) is 11.6 Å². The van der Waals surface area contributed by atoms with E-state index in [9.17, 15) is 19.1 Å². The first-order chi connectivity index (χ1) is 10.8. The SMILES string of the molecule is COc1ccc(S(C)(=O)=NC(=O)c2ccc([N+](=O)[O-])cc2)cc1. The van der Waals surface area contributed by atoms with Gasteiger partial charge in [-0.1, -0.05) is 0 Å². The molecule has 1 atom stereocenters. The van der Waals surface area contributed by atoms with Crippen molar-refractivity contribution in [2.75, 3.05) is 13.4 Å². The van der Waals surface area contributed by atoms with Crippen molar-refractivity contribution < 1.29 is 18.7 Å².